The second kappa shape index (κ2) is 3.59. The van der Waals surface area contributed by atoms with Gasteiger partial charge in [0.1, 0.15) is 5.76 Å². The Hall–Kier alpha value is -1.69. The Bertz CT molecular complexity index is 311. The van der Waals surface area contributed by atoms with Gasteiger partial charge in [-0.2, -0.15) is 0 Å². The van der Waals surface area contributed by atoms with Crippen molar-refractivity contribution in [2.75, 3.05) is 14.2 Å². The van der Waals surface area contributed by atoms with Crippen molar-refractivity contribution < 1.29 is 14.2 Å². The largest absolute Gasteiger partial charge is 0.497 e. The highest BCUT2D eigenvalue weighted by atomic mass is 16.7. The van der Waals surface area contributed by atoms with Gasteiger partial charge in [0.05, 0.1) is 20.3 Å². The summed E-state index contributed by atoms with van der Waals surface area (Å²) in [6.45, 7) is 0. The molecule has 1 heterocycles. The summed E-state index contributed by atoms with van der Waals surface area (Å²) in [6.07, 6.45) is 2.91. The molecule has 6 nitrogen and oxygen atoms in total. The van der Waals surface area contributed by atoms with E-state index < -0.39 is 5.72 Å². The van der Waals surface area contributed by atoms with Crippen LogP contribution in [0.3, 0.4) is 0 Å². The standard InChI is InChI=1S/C8H13N3O3/c1-12-5-3-6(13-2)14-8(11,4-5)7(9)10/h3-4H,11H2,1-2H3,(H3,9,10). The Kier molecular flexibility index (Phi) is 2.66. The molecule has 0 saturated heterocycles. The average Bonchev–Trinajstić information content (AvgIpc) is 2.16. The first-order valence-electron chi connectivity index (χ1n) is 3.87. The molecule has 0 spiro atoms. The van der Waals surface area contributed by atoms with Crippen LogP contribution in [0.2, 0.25) is 0 Å². The monoisotopic (exact) mass is 199 g/mol. The maximum absolute atomic E-state index is 7.26. The summed E-state index contributed by atoms with van der Waals surface area (Å²) < 4.78 is 14.9. The van der Waals surface area contributed by atoms with Crippen LogP contribution in [0, 0.1) is 5.41 Å². The highest BCUT2D eigenvalue weighted by Gasteiger charge is 2.34. The molecule has 1 unspecified atom stereocenters. The number of rotatable bonds is 3. The highest BCUT2D eigenvalue weighted by Crippen LogP contribution is 2.22. The Labute approximate surface area is 81.6 Å². The van der Waals surface area contributed by atoms with E-state index in [1.165, 1.54) is 26.4 Å². The smallest absolute Gasteiger partial charge is 0.285 e. The summed E-state index contributed by atoms with van der Waals surface area (Å²) in [4.78, 5) is 0. The Balaban J connectivity index is 3.01. The fraction of sp³-hybridized carbons (Fsp3) is 0.375. The van der Waals surface area contributed by atoms with Gasteiger partial charge in [0, 0.05) is 6.08 Å². The van der Waals surface area contributed by atoms with Crippen LogP contribution in [0.1, 0.15) is 0 Å². The van der Waals surface area contributed by atoms with Gasteiger partial charge in [-0.05, 0) is 0 Å². The molecule has 0 aliphatic carbocycles. The molecule has 0 bridgehead atoms. The first-order valence-corrected chi connectivity index (χ1v) is 3.87. The van der Waals surface area contributed by atoms with E-state index in [0.717, 1.165) is 0 Å². The fourth-order valence-electron chi connectivity index (χ4n) is 0.946. The van der Waals surface area contributed by atoms with Crippen LogP contribution in [0.5, 0.6) is 0 Å². The quantitative estimate of drug-likeness (QED) is 0.425. The number of hydrogen-bond donors (Lipinski definition) is 3. The third kappa shape index (κ3) is 1.80. The van der Waals surface area contributed by atoms with E-state index in [9.17, 15) is 0 Å². The van der Waals surface area contributed by atoms with Gasteiger partial charge in [0.15, 0.2) is 5.84 Å². The number of allylic oxidation sites excluding steroid dienone is 1. The van der Waals surface area contributed by atoms with Crippen LogP contribution in [0.15, 0.2) is 23.9 Å². The molecular weight excluding hydrogens is 186 g/mol. The molecule has 1 atom stereocenters. The predicted molar refractivity (Wildman–Crippen MR) is 50.1 cm³/mol. The van der Waals surface area contributed by atoms with Gasteiger partial charge >= 0.3 is 0 Å². The van der Waals surface area contributed by atoms with E-state index in [-0.39, 0.29) is 11.8 Å². The van der Waals surface area contributed by atoms with Crippen LogP contribution in [0.25, 0.3) is 0 Å². The minimum Gasteiger partial charge on any atom is -0.497 e. The van der Waals surface area contributed by atoms with Crippen LogP contribution in [0.4, 0.5) is 0 Å². The van der Waals surface area contributed by atoms with Crippen molar-refractivity contribution in [3.63, 3.8) is 0 Å². The maximum atomic E-state index is 7.26. The Morgan fingerprint density at radius 2 is 2.14 bits per heavy atom. The van der Waals surface area contributed by atoms with Gasteiger partial charge in [-0.25, -0.2) is 0 Å². The molecule has 6 heteroatoms. The predicted octanol–water partition coefficient (Wildman–Crippen LogP) is -0.374. The number of amidine groups is 1. The molecule has 0 saturated carbocycles. The third-order valence-electron chi connectivity index (χ3n) is 1.74. The van der Waals surface area contributed by atoms with Crippen molar-refractivity contribution >= 4 is 5.84 Å². The Morgan fingerprint density at radius 3 is 2.57 bits per heavy atom. The molecule has 1 rings (SSSR count). The number of ether oxygens (including phenoxy) is 3. The van der Waals surface area contributed by atoms with Crippen molar-refractivity contribution in [1.82, 2.24) is 0 Å². The molecule has 0 radical (unpaired) electrons. The van der Waals surface area contributed by atoms with E-state index in [0.29, 0.717) is 5.76 Å². The number of nitrogens with one attached hydrogen (secondary N) is 1. The molecule has 0 fully saturated rings. The van der Waals surface area contributed by atoms with Crippen LogP contribution < -0.4 is 11.5 Å². The first kappa shape index (κ1) is 10.4. The molecule has 1 aliphatic rings. The lowest BCUT2D eigenvalue weighted by molar-refractivity contribution is -0.00363. The van der Waals surface area contributed by atoms with E-state index in [4.69, 9.17) is 31.1 Å². The minimum atomic E-state index is -1.49. The summed E-state index contributed by atoms with van der Waals surface area (Å²) in [5, 5.41) is 7.26. The molecule has 78 valence electrons. The zero-order valence-corrected chi connectivity index (χ0v) is 8.03. The van der Waals surface area contributed by atoms with E-state index in [2.05, 4.69) is 0 Å². The zero-order chi connectivity index (χ0) is 10.8. The summed E-state index contributed by atoms with van der Waals surface area (Å²) in [5.74, 6) is 0.266. The SMILES string of the molecule is COC1=CC(N)(C(=N)N)OC(OC)=C1. The lowest BCUT2D eigenvalue weighted by atomic mass is 10.1. The zero-order valence-electron chi connectivity index (χ0n) is 8.03. The lowest BCUT2D eigenvalue weighted by Crippen LogP contribution is -2.53. The van der Waals surface area contributed by atoms with Gasteiger partial charge in [0.25, 0.3) is 5.95 Å². The molecule has 0 amide bonds. The maximum Gasteiger partial charge on any atom is 0.285 e. The summed E-state index contributed by atoms with van der Waals surface area (Å²) >= 11 is 0. The Morgan fingerprint density at radius 1 is 1.50 bits per heavy atom. The third-order valence-corrected chi connectivity index (χ3v) is 1.74. The van der Waals surface area contributed by atoms with Gasteiger partial charge in [-0.3, -0.25) is 11.1 Å². The van der Waals surface area contributed by atoms with E-state index in [1.54, 1.807) is 0 Å². The highest BCUT2D eigenvalue weighted by molar-refractivity contribution is 5.88. The van der Waals surface area contributed by atoms with Gasteiger partial charge in [0.2, 0.25) is 5.72 Å². The van der Waals surface area contributed by atoms with Crippen molar-refractivity contribution in [2.24, 2.45) is 11.5 Å². The van der Waals surface area contributed by atoms with Crippen molar-refractivity contribution in [1.29, 1.82) is 5.41 Å². The van der Waals surface area contributed by atoms with Crippen LogP contribution in [-0.2, 0) is 14.2 Å². The average molecular weight is 199 g/mol. The molecular formula is C8H13N3O3. The van der Waals surface area contributed by atoms with E-state index >= 15 is 0 Å². The summed E-state index contributed by atoms with van der Waals surface area (Å²) in [7, 11) is 2.90. The topological polar surface area (TPSA) is 104 Å². The van der Waals surface area contributed by atoms with Gasteiger partial charge in [-0.1, -0.05) is 0 Å². The summed E-state index contributed by atoms with van der Waals surface area (Å²) in [6, 6.07) is 0. The molecule has 1 aliphatic heterocycles. The van der Waals surface area contributed by atoms with Gasteiger partial charge in [-0.15, -0.1) is 0 Å². The van der Waals surface area contributed by atoms with E-state index in [1.807, 2.05) is 0 Å². The first-order chi connectivity index (χ1) is 6.51. The normalized spacial score (nSPS) is 25.6. The van der Waals surface area contributed by atoms with Crippen LogP contribution in [-0.4, -0.2) is 25.8 Å². The van der Waals surface area contributed by atoms with Crippen molar-refractivity contribution in [2.45, 2.75) is 5.72 Å². The van der Waals surface area contributed by atoms with Gasteiger partial charge < -0.3 is 19.9 Å². The molecule has 5 N–H and O–H groups in total. The lowest BCUT2D eigenvalue weighted by Gasteiger charge is -2.29. The summed E-state index contributed by atoms with van der Waals surface area (Å²) in [5.41, 5.74) is 9.48. The second-order valence-electron chi connectivity index (χ2n) is 2.73. The van der Waals surface area contributed by atoms with Crippen LogP contribution >= 0.6 is 0 Å². The molecule has 0 aromatic carbocycles. The molecule has 14 heavy (non-hydrogen) atoms. The molecule has 0 aromatic rings. The van der Waals surface area contributed by atoms with Crippen molar-refractivity contribution in [3.05, 3.63) is 23.9 Å². The van der Waals surface area contributed by atoms with Crippen molar-refractivity contribution in [3.8, 4) is 0 Å². The number of hydrogen-bond acceptors (Lipinski definition) is 5. The number of methoxy groups -OCH3 is 2. The second-order valence-corrected chi connectivity index (χ2v) is 2.73. The number of nitrogens with two attached hydrogens (primary N) is 2. The molecule has 0 aromatic heterocycles. The fourth-order valence-corrected chi connectivity index (χ4v) is 0.946. The minimum absolute atomic E-state index is 0.155.